The van der Waals surface area contributed by atoms with Gasteiger partial charge in [0.2, 0.25) is 5.88 Å². The van der Waals surface area contributed by atoms with Gasteiger partial charge in [-0.05, 0) is 6.07 Å². The van der Waals surface area contributed by atoms with Gasteiger partial charge < -0.3 is 9.47 Å². The van der Waals surface area contributed by atoms with Gasteiger partial charge in [-0.15, -0.1) is 0 Å². The molecule has 0 bridgehead atoms. The van der Waals surface area contributed by atoms with Gasteiger partial charge in [0.1, 0.15) is 5.56 Å². The normalized spacial score (nSPS) is 9.71. The van der Waals surface area contributed by atoms with Gasteiger partial charge in [-0.3, -0.25) is 0 Å². The first-order valence-corrected chi connectivity index (χ1v) is 4.34. The van der Waals surface area contributed by atoms with Crippen molar-refractivity contribution in [2.45, 2.75) is 0 Å². The highest BCUT2D eigenvalue weighted by Gasteiger charge is 2.16. The second-order valence-electron chi connectivity index (χ2n) is 2.31. The molecule has 4 nitrogen and oxygen atoms in total. The Morgan fingerprint density at radius 2 is 2.07 bits per heavy atom. The topological polar surface area (TPSA) is 48.4 Å². The summed E-state index contributed by atoms with van der Waals surface area (Å²) < 4.78 is 9.36. The minimum Gasteiger partial charge on any atom is -0.480 e. The van der Waals surface area contributed by atoms with Crippen molar-refractivity contribution in [1.82, 2.24) is 4.98 Å². The van der Waals surface area contributed by atoms with Gasteiger partial charge in [0.05, 0.1) is 19.2 Å². The summed E-state index contributed by atoms with van der Waals surface area (Å²) in [6, 6.07) is 1.35. The van der Waals surface area contributed by atoms with Crippen LogP contribution < -0.4 is 4.74 Å². The van der Waals surface area contributed by atoms with Gasteiger partial charge >= 0.3 is 5.97 Å². The maximum Gasteiger partial charge on any atom is 0.343 e. The molecule has 1 rings (SSSR count). The van der Waals surface area contributed by atoms with E-state index in [0.29, 0.717) is 0 Å². The Hall–Kier alpha value is -1.00. The van der Waals surface area contributed by atoms with Gasteiger partial charge in [-0.25, -0.2) is 4.79 Å². The monoisotopic (exact) mass is 235 g/mol. The Balaban J connectivity index is 3.27. The van der Waals surface area contributed by atoms with E-state index in [1.165, 1.54) is 20.3 Å². The van der Waals surface area contributed by atoms with E-state index >= 15 is 0 Å². The Morgan fingerprint density at radius 3 is 2.57 bits per heavy atom. The molecule has 0 aliphatic rings. The Bertz CT molecular complexity index is 368. The van der Waals surface area contributed by atoms with E-state index in [9.17, 15) is 4.79 Å². The molecule has 6 heteroatoms. The van der Waals surface area contributed by atoms with Crippen molar-refractivity contribution < 1.29 is 14.3 Å². The molecule has 0 fully saturated rings. The summed E-state index contributed by atoms with van der Waals surface area (Å²) in [7, 11) is 2.63. The molecular formula is C8H7Cl2NO3. The van der Waals surface area contributed by atoms with Crippen LogP contribution in [0.15, 0.2) is 6.07 Å². The van der Waals surface area contributed by atoms with Crippen LogP contribution in [-0.2, 0) is 4.74 Å². The molecule has 0 saturated heterocycles. The predicted molar refractivity (Wildman–Crippen MR) is 52.1 cm³/mol. The number of halogens is 2. The molecule has 1 aromatic heterocycles. The van der Waals surface area contributed by atoms with Crippen molar-refractivity contribution in [1.29, 1.82) is 0 Å². The van der Waals surface area contributed by atoms with Crippen LogP contribution in [0.1, 0.15) is 10.4 Å². The summed E-state index contributed by atoms with van der Waals surface area (Å²) in [6.45, 7) is 0. The molecule has 14 heavy (non-hydrogen) atoms. The molecule has 0 aliphatic heterocycles. The van der Waals surface area contributed by atoms with Crippen LogP contribution in [0.4, 0.5) is 0 Å². The first kappa shape index (κ1) is 11.1. The average molecular weight is 236 g/mol. The summed E-state index contributed by atoms with van der Waals surface area (Å²) >= 11 is 11.3. The number of esters is 1. The molecule has 1 aromatic rings. The van der Waals surface area contributed by atoms with Crippen molar-refractivity contribution in [3.05, 3.63) is 21.8 Å². The molecule has 0 aliphatic carbocycles. The van der Waals surface area contributed by atoms with Crippen molar-refractivity contribution >= 4 is 29.2 Å². The van der Waals surface area contributed by atoms with E-state index in [0.717, 1.165) is 0 Å². The van der Waals surface area contributed by atoms with E-state index in [4.69, 9.17) is 27.9 Å². The quantitative estimate of drug-likeness (QED) is 0.583. The standard InChI is InChI=1S/C8H7Cl2NO3/c1-13-7-4(8(12)14-2)3-5(9)6(10)11-7/h3H,1-2H3. The molecule has 0 amide bonds. The van der Waals surface area contributed by atoms with Crippen LogP contribution in [0.5, 0.6) is 5.88 Å². The summed E-state index contributed by atoms with van der Waals surface area (Å²) in [5.74, 6) is -0.487. The van der Waals surface area contributed by atoms with E-state index in [1.54, 1.807) is 0 Å². The summed E-state index contributed by atoms with van der Waals surface area (Å²) in [4.78, 5) is 15.0. The van der Waals surface area contributed by atoms with E-state index in [2.05, 4.69) is 9.72 Å². The van der Waals surface area contributed by atoms with Crippen molar-refractivity contribution in [2.75, 3.05) is 14.2 Å². The third kappa shape index (κ3) is 2.08. The molecule has 1 heterocycles. The zero-order valence-corrected chi connectivity index (χ0v) is 9.02. The SMILES string of the molecule is COC(=O)c1cc(Cl)c(Cl)nc1OC. The number of ether oxygens (including phenoxy) is 2. The number of hydrogen-bond acceptors (Lipinski definition) is 4. The van der Waals surface area contributed by atoms with Crippen LogP contribution in [0.25, 0.3) is 0 Å². The molecule has 0 unspecified atom stereocenters. The Labute approximate surface area is 90.7 Å². The number of aromatic nitrogens is 1. The van der Waals surface area contributed by atoms with E-state index < -0.39 is 5.97 Å². The molecule has 0 saturated carbocycles. The molecule has 0 aromatic carbocycles. The predicted octanol–water partition coefficient (Wildman–Crippen LogP) is 2.18. The Morgan fingerprint density at radius 1 is 1.43 bits per heavy atom. The number of pyridine rings is 1. The van der Waals surface area contributed by atoms with Gasteiger partial charge in [0.15, 0.2) is 5.15 Å². The third-order valence-corrected chi connectivity index (χ3v) is 2.17. The van der Waals surface area contributed by atoms with Gasteiger partial charge in [0, 0.05) is 0 Å². The van der Waals surface area contributed by atoms with Crippen LogP contribution in [-0.4, -0.2) is 25.2 Å². The van der Waals surface area contributed by atoms with Gasteiger partial charge in [-0.2, -0.15) is 4.98 Å². The fourth-order valence-corrected chi connectivity index (χ4v) is 1.15. The van der Waals surface area contributed by atoms with E-state index in [-0.39, 0.29) is 21.6 Å². The maximum atomic E-state index is 11.2. The van der Waals surface area contributed by atoms with Crippen LogP contribution in [0.2, 0.25) is 10.2 Å². The van der Waals surface area contributed by atoms with E-state index in [1.807, 2.05) is 0 Å². The first-order chi connectivity index (χ1) is 6.60. The maximum absolute atomic E-state index is 11.2. The second-order valence-corrected chi connectivity index (χ2v) is 3.07. The molecule has 0 N–H and O–H groups in total. The van der Waals surface area contributed by atoms with Crippen LogP contribution >= 0.6 is 23.2 Å². The number of rotatable bonds is 2. The minimum absolute atomic E-state index is 0.0798. The summed E-state index contributed by atoms with van der Waals surface area (Å²) in [6.07, 6.45) is 0. The molecule has 0 radical (unpaired) electrons. The number of methoxy groups -OCH3 is 2. The van der Waals surface area contributed by atoms with Crippen molar-refractivity contribution in [3.8, 4) is 5.88 Å². The lowest BCUT2D eigenvalue weighted by Crippen LogP contribution is -2.05. The van der Waals surface area contributed by atoms with Crippen molar-refractivity contribution in [3.63, 3.8) is 0 Å². The molecular weight excluding hydrogens is 229 g/mol. The summed E-state index contributed by atoms with van der Waals surface area (Å²) in [5, 5.41) is 0.254. The summed E-state index contributed by atoms with van der Waals surface area (Å²) in [5.41, 5.74) is 0.143. The first-order valence-electron chi connectivity index (χ1n) is 3.58. The highest BCUT2D eigenvalue weighted by molar-refractivity contribution is 6.41. The third-order valence-electron chi connectivity index (χ3n) is 1.50. The second kappa shape index (κ2) is 4.48. The van der Waals surface area contributed by atoms with Gasteiger partial charge in [0.25, 0.3) is 0 Å². The zero-order chi connectivity index (χ0) is 10.7. The molecule has 0 spiro atoms. The highest BCUT2D eigenvalue weighted by Crippen LogP contribution is 2.26. The molecule has 76 valence electrons. The lowest BCUT2D eigenvalue weighted by molar-refractivity contribution is 0.0596. The lowest BCUT2D eigenvalue weighted by Gasteiger charge is -2.06. The fourth-order valence-electron chi connectivity index (χ4n) is 0.863. The number of hydrogen-bond donors (Lipinski definition) is 0. The largest absolute Gasteiger partial charge is 0.480 e. The minimum atomic E-state index is -0.576. The number of nitrogens with zero attached hydrogens (tertiary/aromatic N) is 1. The van der Waals surface area contributed by atoms with Crippen LogP contribution in [0.3, 0.4) is 0 Å². The Kier molecular flexibility index (Phi) is 3.55. The highest BCUT2D eigenvalue weighted by atomic mass is 35.5. The molecule has 0 atom stereocenters. The number of carbonyl (C=O) groups is 1. The smallest absolute Gasteiger partial charge is 0.343 e. The zero-order valence-electron chi connectivity index (χ0n) is 7.51. The van der Waals surface area contributed by atoms with Crippen molar-refractivity contribution in [2.24, 2.45) is 0 Å². The lowest BCUT2D eigenvalue weighted by atomic mass is 10.3. The van der Waals surface area contributed by atoms with Gasteiger partial charge in [-0.1, -0.05) is 23.2 Å². The van der Waals surface area contributed by atoms with Crippen LogP contribution in [0, 0.1) is 0 Å². The fraction of sp³-hybridized carbons (Fsp3) is 0.250. The average Bonchev–Trinajstić information content (AvgIpc) is 2.20. The number of carbonyl (C=O) groups excluding carboxylic acids is 1.